The van der Waals surface area contributed by atoms with Crippen LogP contribution >= 0.6 is 0 Å². The normalized spacial score (nSPS) is 12.5. The fraction of sp³-hybridized carbons (Fsp3) is 0.714. The molecule has 0 aliphatic carbocycles. The summed E-state index contributed by atoms with van der Waals surface area (Å²) in [5.74, 6) is -2.65. The second kappa shape index (κ2) is 13.7. The topological polar surface area (TPSA) is 197 Å². The maximum atomic E-state index is 11.4. The maximum absolute atomic E-state index is 11.4. The van der Waals surface area contributed by atoms with E-state index in [0.29, 0.717) is 25.9 Å². The number of carbonyl (C=O) groups is 4. The Morgan fingerprint density at radius 2 is 1.00 bits per heavy atom. The van der Waals surface area contributed by atoms with Crippen LogP contribution in [-0.2, 0) is 9.59 Å². The Kier molecular flexibility index (Phi) is 12.3. The first-order chi connectivity index (χ1) is 12.3. The number of aliphatic carboxylic acids is 2. The first kappa shape index (κ1) is 23.4. The van der Waals surface area contributed by atoms with Crippen molar-refractivity contribution in [3.8, 4) is 0 Å². The van der Waals surface area contributed by atoms with Crippen LogP contribution in [-0.4, -0.2) is 82.8 Å². The molecule has 8 N–H and O–H groups in total. The molecule has 0 saturated heterocycles. The number of urea groups is 2. The lowest BCUT2D eigenvalue weighted by molar-refractivity contribution is -0.141. The Hall–Kier alpha value is -2.60. The molecule has 0 saturated carbocycles. The second-order valence-electron chi connectivity index (χ2n) is 5.36. The van der Waals surface area contributed by atoms with Gasteiger partial charge < -0.3 is 41.7 Å². The van der Waals surface area contributed by atoms with Gasteiger partial charge in [-0.15, -0.1) is 0 Å². The maximum Gasteiger partial charge on any atom is 0.328 e. The van der Waals surface area contributed by atoms with Gasteiger partial charge >= 0.3 is 24.0 Å². The number of unbranched alkanes of at least 4 members (excludes halogenated alkanes) is 3. The van der Waals surface area contributed by atoms with Crippen LogP contribution in [0, 0.1) is 0 Å². The SMILES string of the molecule is O=C(NCCCCCCNC(=O)NC(CO)C(=O)O)NC(CO)C(=O)O. The van der Waals surface area contributed by atoms with Gasteiger partial charge in [0.1, 0.15) is 0 Å². The Labute approximate surface area is 150 Å². The van der Waals surface area contributed by atoms with Gasteiger partial charge in [0.05, 0.1) is 13.2 Å². The van der Waals surface area contributed by atoms with E-state index < -0.39 is 49.3 Å². The van der Waals surface area contributed by atoms with Gasteiger partial charge in [-0.2, -0.15) is 0 Å². The summed E-state index contributed by atoms with van der Waals surface area (Å²) in [6, 6.07) is -4.05. The van der Waals surface area contributed by atoms with Gasteiger partial charge in [-0.1, -0.05) is 12.8 Å². The third-order valence-electron chi connectivity index (χ3n) is 3.25. The zero-order valence-corrected chi connectivity index (χ0v) is 14.2. The zero-order chi connectivity index (χ0) is 19.9. The lowest BCUT2D eigenvalue weighted by Crippen LogP contribution is -2.48. The van der Waals surface area contributed by atoms with E-state index in [4.69, 9.17) is 20.4 Å². The van der Waals surface area contributed by atoms with Crippen molar-refractivity contribution in [3.05, 3.63) is 0 Å². The van der Waals surface area contributed by atoms with Crippen LogP contribution < -0.4 is 21.3 Å². The first-order valence-corrected chi connectivity index (χ1v) is 8.07. The number of amides is 4. The Morgan fingerprint density at radius 1 is 0.654 bits per heavy atom. The summed E-state index contributed by atoms with van der Waals surface area (Å²) in [6.45, 7) is -0.744. The van der Waals surface area contributed by atoms with E-state index in [-0.39, 0.29) is 0 Å². The molecule has 0 spiro atoms. The van der Waals surface area contributed by atoms with E-state index in [2.05, 4.69) is 21.3 Å². The number of carbonyl (C=O) groups excluding carboxylic acids is 2. The third kappa shape index (κ3) is 11.0. The van der Waals surface area contributed by atoms with E-state index >= 15 is 0 Å². The van der Waals surface area contributed by atoms with Gasteiger partial charge in [0, 0.05) is 13.1 Å². The van der Waals surface area contributed by atoms with Crippen molar-refractivity contribution < 1.29 is 39.6 Å². The summed E-state index contributed by atoms with van der Waals surface area (Å²) >= 11 is 0. The van der Waals surface area contributed by atoms with Crippen molar-refractivity contribution in [1.82, 2.24) is 21.3 Å². The Balaban J connectivity index is 3.64. The molecule has 0 radical (unpaired) electrons. The van der Waals surface area contributed by atoms with Crippen LogP contribution in [0.3, 0.4) is 0 Å². The molecule has 150 valence electrons. The van der Waals surface area contributed by atoms with Crippen LogP contribution in [0.25, 0.3) is 0 Å². The lowest BCUT2D eigenvalue weighted by Gasteiger charge is -2.13. The molecule has 12 heteroatoms. The molecule has 0 heterocycles. The number of aliphatic hydroxyl groups excluding tert-OH is 2. The number of nitrogens with one attached hydrogen (secondary N) is 4. The van der Waals surface area contributed by atoms with Crippen LogP contribution in [0.2, 0.25) is 0 Å². The van der Waals surface area contributed by atoms with Crippen molar-refractivity contribution in [2.75, 3.05) is 26.3 Å². The minimum atomic E-state index is -1.35. The Bertz CT molecular complexity index is 432. The largest absolute Gasteiger partial charge is 0.480 e. The zero-order valence-electron chi connectivity index (χ0n) is 14.2. The highest BCUT2D eigenvalue weighted by Gasteiger charge is 2.18. The number of carboxylic acid groups (broad SMARTS) is 2. The molecule has 0 aliphatic heterocycles. The minimum absolute atomic E-state index is 0.328. The third-order valence-corrected chi connectivity index (χ3v) is 3.25. The average Bonchev–Trinajstić information content (AvgIpc) is 2.59. The van der Waals surface area contributed by atoms with Crippen LogP contribution in [0.1, 0.15) is 25.7 Å². The number of carboxylic acids is 2. The van der Waals surface area contributed by atoms with E-state index in [1.165, 1.54) is 0 Å². The predicted molar refractivity (Wildman–Crippen MR) is 88.6 cm³/mol. The fourth-order valence-electron chi connectivity index (χ4n) is 1.80. The summed E-state index contributed by atoms with van der Waals surface area (Å²) in [7, 11) is 0. The molecule has 0 aromatic rings. The molecule has 2 atom stereocenters. The molecule has 12 nitrogen and oxygen atoms in total. The molecule has 0 aromatic heterocycles. The molecule has 0 aromatic carbocycles. The monoisotopic (exact) mass is 378 g/mol. The number of hydrogen-bond acceptors (Lipinski definition) is 6. The highest BCUT2D eigenvalue weighted by molar-refractivity contribution is 5.83. The summed E-state index contributed by atoms with van der Waals surface area (Å²) in [5.41, 5.74) is 0. The van der Waals surface area contributed by atoms with Crippen LogP contribution in [0.5, 0.6) is 0 Å². The predicted octanol–water partition coefficient (Wildman–Crippen LogP) is -1.96. The van der Waals surface area contributed by atoms with E-state index in [1.54, 1.807) is 0 Å². The highest BCUT2D eigenvalue weighted by atomic mass is 16.4. The van der Waals surface area contributed by atoms with Crippen LogP contribution in [0.4, 0.5) is 9.59 Å². The fourth-order valence-corrected chi connectivity index (χ4v) is 1.80. The summed E-state index contributed by atoms with van der Waals surface area (Å²) in [5, 5.41) is 44.0. The van der Waals surface area contributed by atoms with Gasteiger partial charge in [-0.3, -0.25) is 0 Å². The number of aliphatic hydroxyl groups is 2. The quantitative estimate of drug-likeness (QED) is 0.169. The van der Waals surface area contributed by atoms with Crippen LogP contribution in [0.15, 0.2) is 0 Å². The second-order valence-corrected chi connectivity index (χ2v) is 5.36. The summed E-state index contributed by atoms with van der Waals surface area (Å²) < 4.78 is 0. The van der Waals surface area contributed by atoms with Gasteiger partial charge in [0.2, 0.25) is 0 Å². The Morgan fingerprint density at radius 3 is 1.27 bits per heavy atom. The van der Waals surface area contributed by atoms with Crippen molar-refractivity contribution >= 4 is 24.0 Å². The van der Waals surface area contributed by atoms with Crippen molar-refractivity contribution in [3.63, 3.8) is 0 Å². The molecule has 2 unspecified atom stereocenters. The number of rotatable bonds is 13. The van der Waals surface area contributed by atoms with Gasteiger partial charge in [0.25, 0.3) is 0 Å². The van der Waals surface area contributed by atoms with Crippen molar-refractivity contribution in [1.29, 1.82) is 0 Å². The molecule has 0 fully saturated rings. The highest BCUT2D eigenvalue weighted by Crippen LogP contribution is 1.98. The molecule has 0 rings (SSSR count). The lowest BCUT2D eigenvalue weighted by atomic mass is 10.2. The van der Waals surface area contributed by atoms with Crippen molar-refractivity contribution in [2.24, 2.45) is 0 Å². The van der Waals surface area contributed by atoms with E-state index in [1.807, 2.05) is 0 Å². The van der Waals surface area contributed by atoms with Crippen molar-refractivity contribution in [2.45, 2.75) is 37.8 Å². The van der Waals surface area contributed by atoms with E-state index in [0.717, 1.165) is 12.8 Å². The smallest absolute Gasteiger partial charge is 0.328 e. The van der Waals surface area contributed by atoms with Gasteiger partial charge in [0.15, 0.2) is 12.1 Å². The molecule has 0 aliphatic rings. The molecule has 26 heavy (non-hydrogen) atoms. The summed E-state index contributed by atoms with van der Waals surface area (Å²) in [6.07, 6.45) is 2.78. The first-order valence-electron chi connectivity index (χ1n) is 8.07. The minimum Gasteiger partial charge on any atom is -0.480 e. The van der Waals surface area contributed by atoms with E-state index in [9.17, 15) is 19.2 Å². The average molecular weight is 378 g/mol. The standard InChI is InChI=1S/C14H26N4O8/c19-7-9(11(21)22)17-13(25)15-5-3-1-2-4-6-16-14(26)18-10(8-20)12(23)24/h9-10,19-20H,1-8H2,(H,21,22)(H,23,24)(H2,15,17,25)(H2,16,18,26). The number of hydrogen-bond donors (Lipinski definition) is 8. The summed E-state index contributed by atoms with van der Waals surface area (Å²) in [4.78, 5) is 44.0. The molecule has 0 bridgehead atoms. The van der Waals surface area contributed by atoms with Gasteiger partial charge in [-0.05, 0) is 12.8 Å². The molecule has 4 amide bonds. The molecular formula is C14H26N4O8. The van der Waals surface area contributed by atoms with Gasteiger partial charge in [-0.25, -0.2) is 19.2 Å². The molecular weight excluding hydrogens is 352 g/mol.